The third-order valence-electron chi connectivity index (χ3n) is 8.94. The van der Waals surface area contributed by atoms with E-state index in [1.165, 1.54) is 6.42 Å². The first-order chi connectivity index (χ1) is 10.9. The van der Waals surface area contributed by atoms with Gasteiger partial charge in [0, 0.05) is 5.41 Å². The van der Waals surface area contributed by atoms with E-state index < -0.39 is 22.7 Å². The van der Waals surface area contributed by atoms with Crippen LogP contribution in [0.1, 0.15) is 73.6 Å². The van der Waals surface area contributed by atoms with Crippen LogP contribution in [0.2, 0.25) is 0 Å². The Morgan fingerprint density at radius 3 is 2.00 bits per heavy atom. The van der Waals surface area contributed by atoms with Crippen molar-refractivity contribution in [3.8, 4) is 0 Å². The van der Waals surface area contributed by atoms with Crippen LogP contribution in [0.3, 0.4) is 0 Å². The average molecular weight is 336 g/mol. The van der Waals surface area contributed by atoms with Crippen molar-refractivity contribution in [2.45, 2.75) is 79.8 Å². The van der Waals surface area contributed by atoms with Crippen molar-refractivity contribution in [1.29, 1.82) is 0 Å². The molecule has 5 atom stereocenters. The number of carbonyl (C=O) groups excluding carboxylic acids is 1. The minimum absolute atomic E-state index is 0.0322. The average Bonchev–Trinajstić information content (AvgIpc) is 2.91. The van der Waals surface area contributed by atoms with Crippen LogP contribution in [0, 0.1) is 33.5 Å². The Hall–Kier alpha value is -1.06. The van der Waals surface area contributed by atoms with E-state index in [1.54, 1.807) is 0 Å². The van der Waals surface area contributed by atoms with Gasteiger partial charge >= 0.3 is 11.9 Å². The number of aliphatic carboxylic acids is 1. The quantitative estimate of drug-likeness (QED) is 0.782. The third-order valence-corrected chi connectivity index (χ3v) is 8.94. The second kappa shape index (κ2) is 4.98. The largest absolute Gasteiger partial charge is 0.481 e. The Morgan fingerprint density at radius 1 is 0.958 bits per heavy atom. The summed E-state index contributed by atoms with van der Waals surface area (Å²) >= 11 is 0. The zero-order valence-corrected chi connectivity index (χ0v) is 15.9. The molecule has 0 aromatic heterocycles. The molecule has 5 unspecified atom stereocenters. The maximum Gasteiger partial charge on any atom is 0.312 e. The van der Waals surface area contributed by atoms with Gasteiger partial charge in [0.05, 0.1) is 11.3 Å². The van der Waals surface area contributed by atoms with Crippen molar-refractivity contribution in [2.75, 3.05) is 0 Å². The molecule has 3 saturated carbocycles. The predicted molar refractivity (Wildman–Crippen MR) is 91.4 cm³/mol. The SMILES string of the molecule is CC1(C(=O)OC2CC3CCC2(C)C3(C)C)CCC(C(=O)O)C1(C)C. The summed E-state index contributed by atoms with van der Waals surface area (Å²) in [6.45, 7) is 12.6. The maximum absolute atomic E-state index is 13.1. The van der Waals surface area contributed by atoms with Crippen LogP contribution >= 0.6 is 0 Å². The number of fused-ring (bicyclic) bond motifs is 2. The molecule has 3 rings (SSSR count). The van der Waals surface area contributed by atoms with Crippen LogP contribution in [0.4, 0.5) is 0 Å². The summed E-state index contributed by atoms with van der Waals surface area (Å²) in [6, 6.07) is 0. The summed E-state index contributed by atoms with van der Waals surface area (Å²) in [7, 11) is 0. The van der Waals surface area contributed by atoms with Gasteiger partial charge in [-0.25, -0.2) is 0 Å². The first-order valence-corrected chi connectivity index (χ1v) is 9.32. The number of carboxylic acids is 1. The summed E-state index contributed by atoms with van der Waals surface area (Å²) in [5, 5.41) is 9.49. The lowest BCUT2D eigenvalue weighted by atomic mass is 9.65. The molecule has 0 amide bonds. The van der Waals surface area contributed by atoms with Crippen LogP contribution in [0.5, 0.6) is 0 Å². The third kappa shape index (κ3) is 1.97. The minimum atomic E-state index is -0.801. The Kier molecular flexibility index (Phi) is 3.69. The first-order valence-electron chi connectivity index (χ1n) is 9.32. The number of carbonyl (C=O) groups is 2. The van der Waals surface area contributed by atoms with Gasteiger partial charge in [0.25, 0.3) is 0 Å². The highest BCUT2D eigenvalue weighted by atomic mass is 16.5. The zero-order valence-electron chi connectivity index (χ0n) is 15.9. The van der Waals surface area contributed by atoms with E-state index in [4.69, 9.17) is 4.74 Å². The molecule has 2 bridgehead atoms. The fourth-order valence-electron chi connectivity index (χ4n) is 5.87. The van der Waals surface area contributed by atoms with Gasteiger partial charge in [-0.2, -0.15) is 0 Å². The molecule has 24 heavy (non-hydrogen) atoms. The van der Waals surface area contributed by atoms with E-state index >= 15 is 0 Å². The van der Waals surface area contributed by atoms with Crippen LogP contribution in [-0.2, 0) is 14.3 Å². The summed E-state index contributed by atoms with van der Waals surface area (Å²) < 4.78 is 6.10. The second-order valence-corrected chi connectivity index (χ2v) is 9.99. The molecule has 0 saturated heterocycles. The fourth-order valence-corrected chi connectivity index (χ4v) is 5.87. The van der Waals surface area contributed by atoms with E-state index in [-0.39, 0.29) is 22.9 Å². The van der Waals surface area contributed by atoms with E-state index in [9.17, 15) is 14.7 Å². The number of carboxylic acid groups (broad SMARTS) is 1. The highest BCUT2D eigenvalue weighted by Crippen LogP contribution is 2.67. The summed E-state index contributed by atoms with van der Waals surface area (Å²) in [4.78, 5) is 24.7. The van der Waals surface area contributed by atoms with E-state index in [1.807, 2.05) is 20.8 Å². The number of ether oxygens (including phenoxy) is 1. The van der Waals surface area contributed by atoms with Gasteiger partial charge in [0.15, 0.2) is 0 Å². The normalized spacial score (nSPS) is 45.3. The van der Waals surface area contributed by atoms with Crippen LogP contribution in [0.25, 0.3) is 0 Å². The number of rotatable bonds is 3. The number of hydrogen-bond acceptors (Lipinski definition) is 3. The topological polar surface area (TPSA) is 63.6 Å². The van der Waals surface area contributed by atoms with Crippen molar-refractivity contribution in [2.24, 2.45) is 33.5 Å². The molecule has 4 heteroatoms. The van der Waals surface area contributed by atoms with Gasteiger partial charge in [-0.3, -0.25) is 9.59 Å². The van der Waals surface area contributed by atoms with Gasteiger partial charge < -0.3 is 9.84 Å². The molecule has 0 aliphatic heterocycles. The van der Waals surface area contributed by atoms with Crippen molar-refractivity contribution < 1.29 is 19.4 Å². The van der Waals surface area contributed by atoms with Crippen molar-refractivity contribution >= 4 is 11.9 Å². The Bertz CT molecular complexity index is 578. The van der Waals surface area contributed by atoms with Crippen LogP contribution < -0.4 is 0 Å². The molecule has 3 aliphatic carbocycles. The Balaban J connectivity index is 1.80. The van der Waals surface area contributed by atoms with E-state index in [0.29, 0.717) is 18.8 Å². The maximum atomic E-state index is 13.1. The summed E-state index contributed by atoms with van der Waals surface area (Å²) in [6.07, 6.45) is 4.39. The predicted octanol–water partition coefficient (Wildman–Crippen LogP) is 4.27. The van der Waals surface area contributed by atoms with E-state index in [0.717, 1.165) is 12.8 Å². The Morgan fingerprint density at radius 2 is 1.58 bits per heavy atom. The van der Waals surface area contributed by atoms with Crippen molar-refractivity contribution in [3.63, 3.8) is 0 Å². The zero-order chi connectivity index (χ0) is 18.1. The van der Waals surface area contributed by atoms with Crippen molar-refractivity contribution in [3.05, 3.63) is 0 Å². The molecular formula is C20H32O4. The van der Waals surface area contributed by atoms with Gasteiger partial charge in [0.2, 0.25) is 0 Å². The molecule has 3 aliphatic rings. The molecule has 1 N–H and O–H groups in total. The number of hydrogen-bond donors (Lipinski definition) is 1. The molecule has 0 heterocycles. The van der Waals surface area contributed by atoms with Gasteiger partial charge in [-0.15, -0.1) is 0 Å². The molecule has 3 fully saturated rings. The fraction of sp³-hybridized carbons (Fsp3) is 0.900. The smallest absolute Gasteiger partial charge is 0.312 e. The molecule has 0 radical (unpaired) electrons. The highest BCUT2D eigenvalue weighted by molar-refractivity contribution is 5.81. The van der Waals surface area contributed by atoms with Crippen molar-refractivity contribution in [1.82, 2.24) is 0 Å². The monoisotopic (exact) mass is 336 g/mol. The van der Waals surface area contributed by atoms with Crippen LogP contribution in [-0.4, -0.2) is 23.1 Å². The van der Waals surface area contributed by atoms with Gasteiger partial charge in [-0.1, -0.05) is 34.6 Å². The summed E-state index contributed by atoms with van der Waals surface area (Å²) in [5.74, 6) is -0.853. The molecule has 0 aromatic rings. The first kappa shape index (κ1) is 17.8. The second-order valence-electron chi connectivity index (χ2n) is 9.99. The lowest BCUT2D eigenvalue weighted by Gasteiger charge is -2.42. The number of esters is 1. The molecule has 4 nitrogen and oxygen atoms in total. The minimum Gasteiger partial charge on any atom is -0.481 e. The Labute approximate surface area is 145 Å². The van der Waals surface area contributed by atoms with Gasteiger partial charge in [-0.05, 0) is 55.8 Å². The molecule has 136 valence electrons. The molecule has 0 spiro atoms. The van der Waals surface area contributed by atoms with Gasteiger partial charge in [0.1, 0.15) is 6.10 Å². The van der Waals surface area contributed by atoms with E-state index in [2.05, 4.69) is 20.8 Å². The summed E-state index contributed by atoms with van der Waals surface area (Å²) in [5.41, 5.74) is -1.07. The molecule has 0 aromatic carbocycles. The standard InChI is InChI=1S/C20H32O4/c1-17(2)12-7-9-19(17,5)14(11-12)24-16(23)20(6)10-8-13(15(21)22)18(20,3)4/h12-14H,7-11H2,1-6H3,(H,21,22). The highest BCUT2D eigenvalue weighted by Gasteiger charge is 2.65. The molecular weight excluding hydrogens is 304 g/mol. The lowest BCUT2D eigenvalue weighted by Crippen LogP contribution is -2.47. The lowest BCUT2D eigenvalue weighted by molar-refractivity contribution is -0.176. The van der Waals surface area contributed by atoms with Crippen LogP contribution in [0.15, 0.2) is 0 Å².